The summed E-state index contributed by atoms with van der Waals surface area (Å²) in [7, 11) is 0. The molecule has 1 unspecified atom stereocenters. The Balaban J connectivity index is 0.00000121. The van der Waals surface area contributed by atoms with Crippen LogP contribution in [0.5, 0.6) is 0 Å². The van der Waals surface area contributed by atoms with E-state index in [0.717, 1.165) is 13.1 Å². The molecule has 0 aromatic rings. The number of carboxylic acids is 1. The van der Waals surface area contributed by atoms with Crippen LogP contribution in [0.2, 0.25) is 0 Å². The second-order valence-electron chi connectivity index (χ2n) is 3.08. The Morgan fingerprint density at radius 3 is 2.42 bits per heavy atom. The average molecular weight is 163 g/mol. The number of aliphatic carboxylic acids is 1. The molecule has 0 spiro atoms. The summed E-state index contributed by atoms with van der Waals surface area (Å²) in [5.74, 6) is -1.17. The molecule has 0 aromatic carbocycles. The zero-order chi connectivity index (χ0) is 8.27. The van der Waals surface area contributed by atoms with Gasteiger partial charge in [0.15, 0.2) is 0 Å². The van der Waals surface area contributed by atoms with Crippen LogP contribution in [0.1, 0.15) is 19.8 Å². The third kappa shape index (κ3) is 3.18. The van der Waals surface area contributed by atoms with Crippen molar-refractivity contribution in [3.05, 3.63) is 0 Å². The molecule has 0 aromatic heterocycles. The zero-order valence-corrected chi connectivity index (χ0v) is 7.88. The molecule has 1 heterocycles. The van der Waals surface area contributed by atoms with Crippen molar-refractivity contribution in [1.82, 2.24) is 4.90 Å². The van der Waals surface area contributed by atoms with E-state index in [4.69, 9.17) is 0 Å². The quantitative estimate of drug-likeness (QED) is 0.403. The molecule has 64 valence electrons. The van der Waals surface area contributed by atoms with Crippen molar-refractivity contribution in [3.63, 3.8) is 0 Å². The fourth-order valence-corrected chi connectivity index (χ4v) is 1.25. The van der Waals surface area contributed by atoms with E-state index in [9.17, 15) is 9.90 Å². The van der Waals surface area contributed by atoms with Crippen molar-refractivity contribution in [2.45, 2.75) is 19.8 Å². The summed E-state index contributed by atoms with van der Waals surface area (Å²) >= 11 is 0. The van der Waals surface area contributed by atoms with Crippen LogP contribution >= 0.6 is 0 Å². The van der Waals surface area contributed by atoms with Crippen LogP contribution in [0.25, 0.3) is 0 Å². The Kier molecular flexibility index (Phi) is 5.65. The molecule has 1 aliphatic heterocycles. The first-order valence-electron chi connectivity index (χ1n) is 4.17. The fraction of sp³-hybridized carbons (Fsp3) is 0.875. The molecule has 0 saturated carbocycles. The molecule has 0 radical (unpaired) electrons. The van der Waals surface area contributed by atoms with E-state index in [2.05, 4.69) is 4.90 Å². The van der Waals surface area contributed by atoms with Crippen molar-refractivity contribution in [2.75, 3.05) is 19.6 Å². The molecule has 1 saturated heterocycles. The standard InChI is InChI=1S/C8H15NO2.Li/c1-2-7(8(10)11)6-9-4-3-5-9;/h7H,2-6H2,1H3,(H,10,11);/q;+1/p-1. The molecular formula is C8H14LiNO2. The predicted octanol–water partition coefficient (Wildman–Crippen LogP) is -3.53. The first-order valence-corrected chi connectivity index (χ1v) is 4.17. The normalized spacial score (nSPS) is 19.1. The second-order valence-corrected chi connectivity index (χ2v) is 3.08. The summed E-state index contributed by atoms with van der Waals surface area (Å²) in [5.41, 5.74) is 0. The minimum atomic E-state index is -0.903. The Labute approximate surface area is 85.3 Å². The molecule has 1 fully saturated rings. The van der Waals surface area contributed by atoms with E-state index in [0.29, 0.717) is 13.0 Å². The molecule has 4 heteroatoms. The van der Waals surface area contributed by atoms with Gasteiger partial charge in [-0.1, -0.05) is 6.92 Å². The summed E-state index contributed by atoms with van der Waals surface area (Å²) < 4.78 is 0. The maximum absolute atomic E-state index is 10.5. The van der Waals surface area contributed by atoms with Gasteiger partial charge >= 0.3 is 18.9 Å². The molecule has 3 nitrogen and oxygen atoms in total. The minimum Gasteiger partial charge on any atom is -0.550 e. The maximum atomic E-state index is 10.5. The van der Waals surface area contributed by atoms with Crippen molar-refractivity contribution in [3.8, 4) is 0 Å². The predicted molar refractivity (Wildman–Crippen MR) is 39.8 cm³/mol. The topological polar surface area (TPSA) is 43.4 Å². The van der Waals surface area contributed by atoms with E-state index in [1.54, 1.807) is 0 Å². The fourth-order valence-electron chi connectivity index (χ4n) is 1.25. The molecule has 0 bridgehead atoms. The number of hydrogen-bond acceptors (Lipinski definition) is 3. The Bertz CT molecular complexity index is 148. The second kappa shape index (κ2) is 5.64. The van der Waals surface area contributed by atoms with Gasteiger partial charge in [0.1, 0.15) is 0 Å². The Morgan fingerprint density at radius 1 is 1.58 bits per heavy atom. The summed E-state index contributed by atoms with van der Waals surface area (Å²) in [6.07, 6.45) is 1.89. The van der Waals surface area contributed by atoms with Gasteiger partial charge in [-0.15, -0.1) is 0 Å². The largest absolute Gasteiger partial charge is 1.00 e. The van der Waals surface area contributed by atoms with Crippen molar-refractivity contribution >= 4 is 5.97 Å². The third-order valence-electron chi connectivity index (χ3n) is 2.25. The zero-order valence-electron chi connectivity index (χ0n) is 7.88. The van der Waals surface area contributed by atoms with Gasteiger partial charge in [0, 0.05) is 18.4 Å². The molecular weight excluding hydrogens is 149 g/mol. The van der Waals surface area contributed by atoms with Crippen molar-refractivity contribution in [1.29, 1.82) is 0 Å². The van der Waals surface area contributed by atoms with E-state index >= 15 is 0 Å². The van der Waals surface area contributed by atoms with E-state index in [1.165, 1.54) is 6.42 Å². The summed E-state index contributed by atoms with van der Waals surface area (Å²) in [6.45, 7) is 4.69. The average Bonchev–Trinajstić information content (AvgIpc) is 1.85. The van der Waals surface area contributed by atoms with E-state index < -0.39 is 5.97 Å². The summed E-state index contributed by atoms with van der Waals surface area (Å²) in [5, 5.41) is 10.5. The van der Waals surface area contributed by atoms with Crippen LogP contribution < -0.4 is 24.0 Å². The van der Waals surface area contributed by atoms with E-state index in [1.807, 2.05) is 6.92 Å². The maximum Gasteiger partial charge on any atom is 1.00 e. The van der Waals surface area contributed by atoms with E-state index in [-0.39, 0.29) is 24.8 Å². The van der Waals surface area contributed by atoms with Crippen LogP contribution in [0, 0.1) is 5.92 Å². The van der Waals surface area contributed by atoms with Gasteiger partial charge in [-0.3, -0.25) is 0 Å². The van der Waals surface area contributed by atoms with Gasteiger partial charge in [0.05, 0.1) is 0 Å². The molecule has 1 rings (SSSR count). The molecule has 0 amide bonds. The minimum absolute atomic E-state index is 0. The SMILES string of the molecule is CCC(CN1CCC1)C(=O)[O-].[Li+]. The number of hydrogen-bond donors (Lipinski definition) is 0. The van der Waals surface area contributed by atoms with Crippen LogP contribution in [0.15, 0.2) is 0 Å². The number of nitrogens with zero attached hydrogens (tertiary/aromatic N) is 1. The number of likely N-dealkylation sites (tertiary alicyclic amines) is 1. The number of carboxylic acid groups (broad SMARTS) is 1. The van der Waals surface area contributed by atoms with Crippen LogP contribution in [-0.2, 0) is 4.79 Å². The molecule has 1 atom stereocenters. The first-order chi connectivity index (χ1) is 5.24. The van der Waals surface area contributed by atoms with Gasteiger partial charge in [0.25, 0.3) is 0 Å². The first kappa shape index (κ1) is 12.0. The van der Waals surface area contributed by atoms with Crippen LogP contribution in [0.4, 0.5) is 0 Å². The van der Waals surface area contributed by atoms with Crippen LogP contribution in [0.3, 0.4) is 0 Å². The smallest absolute Gasteiger partial charge is 0.550 e. The van der Waals surface area contributed by atoms with Gasteiger partial charge in [-0.25, -0.2) is 0 Å². The van der Waals surface area contributed by atoms with Crippen molar-refractivity contribution in [2.24, 2.45) is 5.92 Å². The number of carbonyl (C=O) groups is 1. The number of carbonyl (C=O) groups excluding carboxylic acids is 1. The van der Waals surface area contributed by atoms with Crippen molar-refractivity contribution < 1.29 is 28.8 Å². The molecule has 0 N–H and O–H groups in total. The molecule has 12 heavy (non-hydrogen) atoms. The Hall–Kier alpha value is 0.0274. The van der Waals surface area contributed by atoms with Crippen LogP contribution in [-0.4, -0.2) is 30.5 Å². The monoisotopic (exact) mass is 163 g/mol. The summed E-state index contributed by atoms with van der Waals surface area (Å²) in [4.78, 5) is 12.6. The van der Waals surface area contributed by atoms with Gasteiger partial charge < -0.3 is 14.8 Å². The Morgan fingerprint density at radius 2 is 2.17 bits per heavy atom. The summed E-state index contributed by atoms with van der Waals surface area (Å²) in [6, 6.07) is 0. The third-order valence-corrected chi connectivity index (χ3v) is 2.25. The number of rotatable bonds is 4. The van der Waals surface area contributed by atoms with Gasteiger partial charge in [0.2, 0.25) is 0 Å². The van der Waals surface area contributed by atoms with Gasteiger partial charge in [-0.05, 0) is 25.9 Å². The molecule has 0 aliphatic carbocycles. The molecule has 1 aliphatic rings. The van der Waals surface area contributed by atoms with Gasteiger partial charge in [-0.2, -0.15) is 0 Å².